The first kappa shape index (κ1) is 22.1. The van der Waals surface area contributed by atoms with Crippen molar-refractivity contribution in [1.29, 1.82) is 0 Å². The number of fused-ring (bicyclic) bond motifs is 1. The first-order valence-corrected chi connectivity index (χ1v) is 11.6. The van der Waals surface area contributed by atoms with Crippen LogP contribution in [-0.2, 0) is 0 Å². The van der Waals surface area contributed by atoms with Crippen LogP contribution in [0.3, 0.4) is 0 Å². The Hall–Kier alpha value is -3.08. The Balaban J connectivity index is 1.24. The number of rotatable bonds is 8. The third-order valence-corrected chi connectivity index (χ3v) is 6.33. The number of hydrogen-bond donors (Lipinski definition) is 3. The molecule has 10 heteroatoms. The van der Waals surface area contributed by atoms with Crippen LogP contribution in [0, 0.1) is 0 Å². The van der Waals surface area contributed by atoms with Crippen molar-refractivity contribution in [2.45, 2.75) is 0 Å². The molecule has 1 aromatic carbocycles. The van der Waals surface area contributed by atoms with E-state index in [0.717, 1.165) is 48.8 Å². The van der Waals surface area contributed by atoms with Gasteiger partial charge in [-0.05, 0) is 29.6 Å². The standard InChI is InChI=1S/C22H27N7O2S/c23-5-6-24-21(30)16-2-1-3-17(14-16)22(31)25-7-8-28-9-11-29(12-10-28)20-19-18(4-13-32-19)26-15-27-20/h1-4,13-15H,5-12,23H2,(H,24,30)(H,25,31). The predicted octanol–water partition coefficient (Wildman–Crippen LogP) is 0.932. The van der Waals surface area contributed by atoms with E-state index in [1.54, 1.807) is 41.9 Å². The summed E-state index contributed by atoms with van der Waals surface area (Å²) >= 11 is 1.67. The Morgan fingerprint density at radius 2 is 1.72 bits per heavy atom. The van der Waals surface area contributed by atoms with E-state index in [2.05, 4.69) is 30.4 Å². The largest absolute Gasteiger partial charge is 0.353 e. The Labute approximate surface area is 190 Å². The molecule has 0 spiro atoms. The molecule has 3 heterocycles. The first-order valence-electron chi connectivity index (χ1n) is 10.7. The van der Waals surface area contributed by atoms with E-state index >= 15 is 0 Å². The summed E-state index contributed by atoms with van der Waals surface area (Å²) in [6.45, 7) is 5.68. The van der Waals surface area contributed by atoms with Gasteiger partial charge >= 0.3 is 0 Å². The number of nitrogens with one attached hydrogen (secondary N) is 2. The fourth-order valence-corrected chi connectivity index (χ4v) is 4.57. The molecule has 1 aliphatic heterocycles. The molecule has 4 rings (SSSR count). The molecule has 1 aliphatic rings. The SMILES string of the molecule is NCCNC(=O)c1cccc(C(=O)NCCN2CCN(c3ncnc4ccsc34)CC2)c1. The minimum atomic E-state index is -0.230. The quantitative estimate of drug-likeness (QED) is 0.465. The van der Waals surface area contributed by atoms with Crippen LogP contribution in [0.25, 0.3) is 10.2 Å². The van der Waals surface area contributed by atoms with E-state index in [9.17, 15) is 9.59 Å². The summed E-state index contributed by atoms with van der Waals surface area (Å²) in [5.41, 5.74) is 7.33. The Bertz CT molecular complexity index is 1080. The summed E-state index contributed by atoms with van der Waals surface area (Å²) in [6, 6.07) is 8.73. The topological polar surface area (TPSA) is 116 Å². The van der Waals surface area contributed by atoms with Gasteiger partial charge in [-0.3, -0.25) is 14.5 Å². The zero-order valence-electron chi connectivity index (χ0n) is 17.8. The first-order chi connectivity index (χ1) is 15.7. The zero-order chi connectivity index (χ0) is 22.3. The van der Waals surface area contributed by atoms with Crippen LogP contribution in [0.15, 0.2) is 42.0 Å². The van der Waals surface area contributed by atoms with Gasteiger partial charge in [0, 0.05) is 63.5 Å². The molecule has 1 saturated heterocycles. The van der Waals surface area contributed by atoms with Crippen molar-refractivity contribution >= 4 is 39.2 Å². The van der Waals surface area contributed by atoms with E-state index < -0.39 is 0 Å². The monoisotopic (exact) mass is 453 g/mol. The smallest absolute Gasteiger partial charge is 0.251 e. The van der Waals surface area contributed by atoms with Crippen LogP contribution >= 0.6 is 11.3 Å². The van der Waals surface area contributed by atoms with Crippen LogP contribution in [0.5, 0.6) is 0 Å². The summed E-state index contributed by atoms with van der Waals surface area (Å²) in [5, 5.41) is 7.71. The molecule has 2 aromatic heterocycles. The molecule has 0 atom stereocenters. The third-order valence-electron chi connectivity index (χ3n) is 5.43. The highest BCUT2D eigenvalue weighted by atomic mass is 32.1. The number of thiophene rings is 1. The van der Waals surface area contributed by atoms with E-state index in [1.807, 2.05) is 11.4 Å². The molecule has 9 nitrogen and oxygen atoms in total. The Morgan fingerprint density at radius 3 is 2.44 bits per heavy atom. The molecule has 1 fully saturated rings. The van der Waals surface area contributed by atoms with Gasteiger partial charge < -0.3 is 21.3 Å². The summed E-state index contributed by atoms with van der Waals surface area (Å²) in [6.07, 6.45) is 1.63. The summed E-state index contributed by atoms with van der Waals surface area (Å²) < 4.78 is 1.13. The van der Waals surface area contributed by atoms with Gasteiger partial charge in [-0.15, -0.1) is 11.3 Å². The number of benzene rings is 1. The van der Waals surface area contributed by atoms with E-state index in [4.69, 9.17) is 5.73 Å². The number of aromatic nitrogens is 2. The van der Waals surface area contributed by atoms with Crippen molar-refractivity contribution in [2.75, 3.05) is 57.3 Å². The average Bonchev–Trinajstić information content (AvgIpc) is 3.32. The summed E-state index contributed by atoms with van der Waals surface area (Å²) in [5.74, 6) is 0.595. The van der Waals surface area contributed by atoms with E-state index in [0.29, 0.717) is 30.8 Å². The van der Waals surface area contributed by atoms with Crippen LogP contribution in [0.2, 0.25) is 0 Å². The minimum absolute atomic E-state index is 0.182. The molecule has 3 aromatic rings. The summed E-state index contributed by atoms with van der Waals surface area (Å²) in [4.78, 5) is 38.0. The lowest BCUT2D eigenvalue weighted by molar-refractivity contribution is 0.0947. The molecule has 0 saturated carbocycles. The molecule has 4 N–H and O–H groups in total. The van der Waals surface area contributed by atoms with Crippen LogP contribution < -0.4 is 21.3 Å². The van der Waals surface area contributed by atoms with Gasteiger partial charge in [-0.1, -0.05) is 6.07 Å². The highest BCUT2D eigenvalue weighted by Crippen LogP contribution is 2.28. The molecule has 32 heavy (non-hydrogen) atoms. The van der Waals surface area contributed by atoms with Crippen molar-refractivity contribution in [3.63, 3.8) is 0 Å². The van der Waals surface area contributed by atoms with Crippen molar-refractivity contribution in [3.05, 3.63) is 53.2 Å². The lowest BCUT2D eigenvalue weighted by Crippen LogP contribution is -2.48. The second kappa shape index (κ2) is 10.5. The molecular formula is C22H27N7O2S. The van der Waals surface area contributed by atoms with Gasteiger partial charge in [0.2, 0.25) is 0 Å². The third kappa shape index (κ3) is 5.21. The molecule has 0 radical (unpaired) electrons. The van der Waals surface area contributed by atoms with E-state index in [-0.39, 0.29) is 11.8 Å². The maximum Gasteiger partial charge on any atom is 0.251 e. The van der Waals surface area contributed by atoms with Crippen LogP contribution in [0.1, 0.15) is 20.7 Å². The Morgan fingerprint density at radius 1 is 1.00 bits per heavy atom. The lowest BCUT2D eigenvalue weighted by atomic mass is 10.1. The van der Waals surface area contributed by atoms with Crippen molar-refractivity contribution in [1.82, 2.24) is 25.5 Å². The predicted molar refractivity (Wildman–Crippen MR) is 126 cm³/mol. The molecule has 0 unspecified atom stereocenters. The molecule has 0 bridgehead atoms. The molecule has 2 amide bonds. The van der Waals surface area contributed by atoms with Gasteiger partial charge in [-0.2, -0.15) is 0 Å². The maximum absolute atomic E-state index is 12.5. The van der Waals surface area contributed by atoms with E-state index in [1.165, 1.54) is 0 Å². The highest BCUT2D eigenvalue weighted by molar-refractivity contribution is 7.17. The zero-order valence-corrected chi connectivity index (χ0v) is 18.6. The van der Waals surface area contributed by atoms with Crippen molar-refractivity contribution in [2.24, 2.45) is 5.73 Å². The number of nitrogens with zero attached hydrogens (tertiary/aromatic N) is 4. The number of carbonyl (C=O) groups is 2. The number of hydrogen-bond acceptors (Lipinski definition) is 8. The second-order valence-corrected chi connectivity index (χ2v) is 8.46. The van der Waals surface area contributed by atoms with Gasteiger partial charge in [0.25, 0.3) is 11.8 Å². The number of piperazine rings is 1. The molecular weight excluding hydrogens is 426 g/mol. The maximum atomic E-state index is 12.5. The van der Waals surface area contributed by atoms with Gasteiger partial charge in [-0.25, -0.2) is 9.97 Å². The normalized spacial score (nSPS) is 14.5. The summed E-state index contributed by atoms with van der Waals surface area (Å²) in [7, 11) is 0. The van der Waals surface area contributed by atoms with Crippen molar-refractivity contribution in [3.8, 4) is 0 Å². The number of nitrogens with two attached hydrogens (primary N) is 1. The van der Waals surface area contributed by atoms with Gasteiger partial charge in [0.1, 0.15) is 12.1 Å². The number of amides is 2. The fraction of sp³-hybridized carbons (Fsp3) is 0.364. The minimum Gasteiger partial charge on any atom is -0.353 e. The van der Waals surface area contributed by atoms with Crippen LogP contribution in [-0.4, -0.2) is 79.0 Å². The average molecular weight is 454 g/mol. The number of carbonyl (C=O) groups excluding carboxylic acids is 2. The molecule has 0 aliphatic carbocycles. The highest BCUT2D eigenvalue weighted by Gasteiger charge is 2.20. The lowest BCUT2D eigenvalue weighted by Gasteiger charge is -2.35. The second-order valence-electron chi connectivity index (χ2n) is 7.54. The Kier molecular flexibility index (Phi) is 7.25. The van der Waals surface area contributed by atoms with Gasteiger partial charge in [0.15, 0.2) is 0 Å². The van der Waals surface area contributed by atoms with Crippen molar-refractivity contribution < 1.29 is 9.59 Å². The fourth-order valence-electron chi connectivity index (χ4n) is 3.70. The van der Waals surface area contributed by atoms with Crippen LogP contribution in [0.4, 0.5) is 5.82 Å². The van der Waals surface area contributed by atoms with Gasteiger partial charge in [0.05, 0.1) is 10.2 Å². The number of anilines is 1. The molecule has 168 valence electrons.